The molecule has 10 heteroatoms. The number of oxazole rings is 1. The summed E-state index contributed by atoms with van der Waals surface area (Å²) in [4.78, 5) is 16.4. The van der Waals surface area contributed by atoms with E-state index in [0.717, 1.165) is 5.56 Å². The Morgan fingerprint density at radius 3 is 2.56 bits per heavy atom. The van der Waals surface area contributed by atoms with E-state index >= 15 is 0 Å². The predicted molar refractivity (Wildman–Crippen MR) is 125 cm³/mol. The van der Waals surface area contributed by atoms with Crippen molar-refractivity contribution in [2.24, 2.45) is 0 Å². The van der Waals surface area contributed by atoms with Crippen LogP contribution in [0.15, 0.2) is 88.3 Å². The van der Waals surface area contributed by atoms with E-state index in [1.165, 1.54) is 43.6 Å². The number of nitrogens with one attached hydrogen (secondary N) is 2. The van der Waals surface area contributed by atoms with Crippen LogP contribution in [-0.2, 0) is 10.0 Å². The van der Waals surface area contributed by atoms with E-state index in [1.807, 2.05) is 36.4 Å². The monoisotopic (exact) mass is 474 g/mol. The quantitative estimate of drug-likeness (QED) is 0.408. The van der Waals surface area contributed by atoms with Crippen LogP contribution < -0.4 is 14.8 Å². The molecule has 3 aromatic carbocycles. The van der Waals surface area contributed by atoms with Crippen molar-refractivity contribution in [1.29, 1.82) is 5.26 Å². The maximum Gasteiger partial charge on any atom is 0.311 e. The number of rotatable bonds is 7. The molecule has 0 bridgehead atoms. The number of hydrogen-bond donors (Lipinski definition) is 2. The number of hydrogen-bond acceptors (Lipinski definition) is 7. The summed E-state index contributed by atoms with van der Waals surface area (Å²) in [5.41, 5.74) is 1.47. The van der Waals surface area contributed by atoms with Crippen molar-refractivity contribution in [3.8, 4) is 23.1 Å². The number of amides is 1. The first-order chi connectivity index (χ1) is 16.4. The van der Waals surface area contributed by atoms with E-state index in [4.69, 9.17) is 14.4 Å². The zero-order valence-electron chi connectivity index (χ0n) is 17.8. The standard InChI is InChI=1S/C24H18N4O5S/c1-32-20-11-10-18(13-22(20)34(30,31)28-19-9-5-6-16(12-19)14-25)27-23(29)24-26-15-21(33-24)17-7-3-2-4-8-17/h2-13,15,28H,1H3,(H,27,29). The van der Waals surface area contributed by atoms with Crippen molar-refractivity contribution in [2.75, 3.05) is 17.1 Å². The maximum absolute atomic E-state index is 13.0. The molecule has 0 fully saturated rings. The number of ether oxygens (including phenoxy) is 1. The second-order valence-corrected chi connectivity index (χ2v) is 8.66. The van der Waals surface area contributed by atoms with Gasteiger partial charge in [0.05, 0.1) is 30.6 Å². The topological polar surface area (TPSA) is 134 Å². The Kier molecular flexibility index (Phi) is 6.29. The number of carbonyl (C=O) groups is 1. The number of anilines is 2. The lowest BCUT2D eigenvalue weighted by atomic mass is 10.2. The third-order valence-electron chi connectivity index (χ3n) is 4.71. The van der Waals surface area contributed by atoms with Crippen molar-refractivity contribution in [3.05, 3.63) is 90.4 Å². The van der Waals surface area contributed by atoms with Crippen molar-refractivity contribution in [3.63, 3.8) is 0 Å². The summed E-state index contributed by atoms with van der Waals surface area (Å²) in [6.07, 6.45) is 1.44. The minimum absolute atomic E-state index is 0.0735. The van der Waals surface area contributed by atoms with Crippen LogP contribution in [0.25, 0.3) is 11.3 Å². The summed E-state index contributed by atoms with van der Waals surface area (Å²) >= 11 is 0. The van der Waals surface area contributed by atoms with Crippen molar-refractivity contribution in [2.45, 2.75) is 4.90 Å². The Morgan fingerprint density at radius 2 is 1.82 bits per heavy atom. The average molecular weight is 474 g/mol. The van der Waals surface area contributed by atoms with Gasteiger partial charge in [-0.05, 0) is 36.4 Å². The maximum atomic E-state index is 13.0. The zero-order valence-corrected chi connectivity index (χ0v) is 18.7. The molecule has 1 aromatic heterocycles. The molecule has 4 aromatic rings. The van der Waals surface area contributed by atoms with E-state index < -0.39 is 15.9 Å². The average Bonchev–Trinajstić information content (AvgIpc) is 3.35. The molecule has 0 aliphatic rings. The molecule has 9 nitrogen and oxygen atoms in total. The molecule has 0 saturated carbocycles. The fourth-order valence-corrected chi connectivity index (χ4v) is 4.37. The summed E-state index contributed by atoms with van der Waals surface area (Å²) < 4.78 is 39.2. The number of methoxy groups -OCH3 is 1. The van der Waals surface area contributed by atoms with Gasteiger partial charge < -0.3 is 14.5 Å². The second-order valence-electron chi connectivity index (χ2n) is 7.01. The molecule has 0 atom stereocenters. The smallest absolute Gasteiger partial charge is 0.311 e. The predicted octanol–water partition coefficient (Wildman–Crippen LogP) is 4.27. The Bertz CT molecular complexity index is 1490. The van der Waals surface area contributed by atoms with Gasteiger partial charge in [0.2, 0.25) is 0 Å². The lowest BCUT2D eigenvalue weighted by Gasteiger charge is -2.13. The van der Waals surface area contributed by atoms with Crippen molar-refractivity contribution < 1.29 is 22.4 Å². The molecule has 4 rings (SSSR count). The fourth-order valence-electron chi connectivity index (χ4n) is 3.13. The van der Waals surface area contributed by atoms with Crippen LogP contribution in [-0.4, -0.2) is 26.4 Å². The summed E-state index contributed by atoms with van der Waals surface area (Å²) in [6.45, 7) is 0. The van der Waals surface area contributed by atoms with Crippen molar-refractivity contribution >= 4 is 27.3 Å². The number of nitriles is 1. The van der Waals surface area contributed by atoms with Crippen molar-refractivity contribution in [1.82, 2.24) is 4.98 Å². The molecule has 34 heavy (non-hydrogen) atoms. The summed E-state index contributed by atoms with van der Waals surface area (Å²) in [7, 11) is -2.78. The number of benzene rings is 3. The van der Waals surface area contributed by atoms with Gasteiger partial charge in [-0.1, -0.05) is 36.4 Å². The molecule has 1 heterocycles. The lowest BCUT2D eigenvalue weighted by Crippen LogP contribution is -2.16. The minimum atomic E-state index is -4.11. The largest absolute Gasteiger partial charge is 0.495 e. The Morgan fingerprint density at radius 1 is 1.03 bits per heavy atom. The summed E-state index contributed by atoms with van der Waals surface area (Å²) in [6, 6.07) is 21.3. The van der Waals surface area contributed by atoms with Gasteiger partial charge in [0, 0.05) is 11.3 Å². The van der Waals surface area contributed by atoms with Gasteiger partial charge in [-0.25, -0.2) is 13.4 Å². The van der Waals surface area contributed by atoms with Gasteiger partial charge in [-0.15, -0.1) is 0 Å². The third-order valence-corrected chi connectivity index (χ3v) is 6.12. The Hall–Kier alpha value is -4.62. The number of sulfonamides is 1. The molecule has 170 valence electrons. The first-order valence-electron chi connectivity index (χ1n) is 9.93. The first kappa shape index (κ1) is 22.6. The van der Waals surface area contributed by atoms with Gasteiger partial charge in [-0.3, -0.25) is 9.52 Å². The number of carbonyl (C=O) groups excluding carboxylic acids is 1. The SMILES string of the molecule is COc1ccc(NC(=O)c2ncc(-c3ccccc3)o2)cc1S(=O)(=O)Nc1cccc(C#N)c1. The highest BCUT2D eigenvalue weighted by molar-refractivity contribution is 7.92. The molecule has 0 spiro atoms. The molecule has 0 aliphatic carbocycles. The fraction of sp³-hybridized carbons (Fsp3) is 0.0417. The molecular formula is C24H18N4O5S. The van der Waals surface area contributed by atoms with Crippen LogP contribution in [0.4, 0.5) is 11.4 Å². The first-order valence-corrected chi connectivity index (χ1v) is 11.4. The highest BCUT2D eigenvalue weighted by atomic mass is 32.2. The number of aromatic nitrogens is 1. The number of nitrogens with zero attached hydrogens (tertiary/aromatic N) is 2. The Balaban J connectivity index is 1.58. The highest BCUT2D eigenvalue weighted by Gasteiger charge is 2.22. The van der Waals surface area contributed by atoms with Crippen LogP contribution in [0, 0.1) is 11.3 Å². The minimum Gasteiger partial charge on any atom is -0.495 e. The second kappa shape index (κ2) is 9.48. The van der Waals surface area contributed by atoms with E-state index in [2.05, 4.69) is 15.0 Å². The molecule has 0 saturated heterocycles. The van der Waals surface area contributed by atoms with E-state index in [9.17, 15) is 13.2 Å². The van der Waals surface area contributed by atoms with Crippen LogP contribution in [0.2, 0.25) is 0 Å². The van der Waals surface area contributed by atoms with E-state index in [-0.39, 0.29) is 27.9 Å². The van der Waals surface area contributed by atoms with Gasteiger partial charge in [0.25, 0.3) is 15.9 Å². The zero-order chi connectivity index (χ0) is 24.1. The van der Waals surface area contributed by atoms with Crippen LogP contribution >= 0.6 is 0 Å². The van der Waals surface area contributed by atoms with Gasteiger partial charge >= 0.3 is 5.91 Å². The normalized spacial score (nSPS) is 10.8. The molecule has 2 N–H and O–H groups in total. The van der Waals surface area contributed by atoms with E-state index in [0.29, 0.717) is 11.3 Å². The Labute approximate surface area is 195 Å². The highest BCUT2D eigenvalue weighted by Crippen LogP contribution is 2.29. The molecular weight excluding hydrogens is 456 g/mol. The lowest BCUT2D eigenvalue weighted by molar-refractivity contribution is 0.0991. The summed E-state index contributed by atoms with van der Waals surface area (Å²) in [5, 5.41) is 11.6. The van der Waals surface area contributed by atoms with Gasteiger partial charge in [0.15, 0.2) is 5.76 Å². The molecule has 0 unspecified atom stereocenters. The molecule has 1 amide bonds. The summed E-state index contributed by atoms with van der Waals surface area (Å²) in [5.74, 6) is -0.326. The van der Waals surface area contributed by atoms with E-state index in [1.54, 1.807) is 12.1 Å². The van der Waals surface area contributed by atoms with Gasteiger partial charge in [0.1, 0.15) is 10.6 Å². The van der Waals surface area contributed by atoms with Gasteiger partial charge in [-0.2, -0.15) is 5.26 Å². The molecule has 0 radical (unpaired) electrons. The van der Waals surface area contributed by atoms with Crippen LogP contribution in [0.3, 0.4) is 0 Å². The van der Waals surface area contributed by atoms with Crippen LogP contribution in [0.1, 0.15) is 16.2 Å². The molecule has 0 aliphatic heterocycles. The third kappa shape index (κ3) is 4.90. The van der Waals surface area contributed by atoms with Crippen LogP contribution in [0.5, 0.6) is 5.75 Å².